The minimum absolute atomic E-state index is 0.0965. The third kappa shape index (κ3) is 9.13. The van der Waals surface area contributed by atoms with E-state index in [9.17, 15) is 24.3 Å². The fourth-order valence-corrected chi connectivity index (χ4v) is 8.09. The van der Waals surface area contributed by atoms with Gasteiger partial charge in [-0.15, -0.1) is 11.3 Å². The molecule has 10 nitrogen and oxygen atoms in total. The van der Waals surface area contributed by atoms with E-state index in [-0.39, 0.29) is 31.3 Å². The lowest BCUT2D eigenvalue weighted by molar-refractivity contribution is -0.136. The number of carbonyl (C=O) groups excluding carboxylic acids is 3. The van der Waals surface area contributed by atoms with Gasteiger partial charge in [-0.25, -0.2) is 9.59 Å². The molecule has 2 N–H and O–H groups in total. The van der Waals surface area contributed by atoms with Gasteiger partial charge in [0, 0.05) is 41.5 Å². The highest BCUT2D eigenvalue weighted by atomic mass is 35.5. The van der Waals surface area contributed by atoms with Crippen LogP contribution in [0.15, 0.2) is 54.6 Å². The Hall–Kier alpha value is -4.09. The molecule has 49 heavy (non-hydrogen) atoms. The number of carbonyl (C=O) groups is 4. The Bertz CT molecular complexity index is 1660. The van der Waals surface area contributed by atoms with E-state index in [0.717, 1.165) is 51.4 Å². The van der Waals surface area contributed by atoms with Crippen molar-refractivity contribution < 1.29 is 29.0 Å². The first-order valence-electron chi connectivity index (χ1n) is 16.9. The Labute approximate surface area is 297 Å². The molecule has 2 aromatic carbocycles. The van der Waals surface area contributed by atoms with E-state index >= 15 is 0 Å². The lowest BCUT2D eigenvalue weighted by Gasteiger charge is -2.33. The highest BCUT2D eigenvalue weighted by molar-refractivity contribution is 7.16. The number of hydrogen-bond donors (Lipinski definition) is 2. The molecule has 4 amide bonds. The molecule has 0 aliphatic carbocycles. The van der Waals surface area contributed by atoms with Gasteiger partial charge in [-0.2, -0.15) is 0 Å². The maximum Gasteiger partial charge on any atom is 0.407 e. The Morgan fingerprint density at radius 3 is 2.43 bits per heavy atom. The SMILES string of the molecule is CC(C)(C)OC(=O)NCCCCCCC(=O)N1CC(=O)N(CCc2ccccc2)c2sc3c(c2C1c1ccccc1Cl)CCN(C(=O)O)C3. The van der Waals surface area contributed by atoms with Gasteiger partial charge in [-0.1, -0.05) is 73.0 Å². The summed E-state index contributed by atoms with van der Waals surface area (Å²) in [7, 11) is 0. The van der Waals surface area contributed by atoms with Crippen molar-refractivity contribution >= 4 is 51.9 Å². The first-order valence-corrected chi connectivity index (χ1v) is 18.1. The summed E-state index contributed by atoms with van der Waals surface area (Å²) >= 11 is 8.30. The summed E-state index contributed by atoms with van der Waals surface area (Å²) in [5.41, 5.74) is 3.15. The summed E-state index contributed by atoms with van der Waals surface area (Å²) in [4.78, 5) is 58.0. The molecule has 0 spiro atoms. The molecule has 12 heteroatoms. The molecule has 3 aromatic rings. The number of ether oxygens (including phenoxy) is 1. The summed E-state index contributed by atoms with van der Waals surface area (Å²) < 4.78 is 5.28. The lowest BCUT2D eigenvalue weighted by Crippen LogP contribution is -2.42. The van der Waals surface area contributed by atoms with Crippen molar-refractivity contribution in [2.45, 2.75) is 83.9 Å². The molecular weight excluding hydrogens is 664 g/mol. The number of halogens is 1. The van der Waals surface area contributed by atoms with Crippen LogP contribution in [0.2, 0.25) is 5.02 Å². The zero-order valence-corrected chi connectivity index (χ0v) is 29.9. The molecule has 0 saturated heterocycles. The number of rotatable bonds is 11. The fourth-order valence-electron chi connectivity index (χ4n) is 6.42. The Morgan fingerprint density at radius 2 is 1.71 bits per heavy atom. The number of thiophene rings is 1. The Morgan fingerprint density at radius 1 is 1.00 bits per heavy atom. The molecule has 0 saturated carbocycles. The summed E-state index contributed by atoms with van der Waals surface area (Å²) in [6.07, 6.45) is 2.94. The summed E-state index contributed by atoms with van der Waals surface area (Å²) in [6, 6.07) is 16.8. The van der Waals surface area contributed by atoms with E-state index in [1.807, 2.05) is 69.3 Å². The third-order valence-corrected chi connectivity index (χ3v) is 10.4. The van der Waals surface area contributed by atoms with Crippen LogP contribution >= 0.6 is 22.9 Å². The Kier molecular flexibility index (Phi) is 11.9. The molecule has 1 aromatic heterocycles. The Balaban J connectivity index is 1.40. The van der Waals surface area contributed by atoms with Gasteiger partial charge in [0.15, 0.2) is 0 Å². The van der Waals surface area contributed by atoms with Gasteiger partial charge in [0.05, 0.1) is 12.6 Å². The molecule has 0 fully saturated rings. The molecule has 2 aliphatic rings. The maximum absolute atomic E-state index is 14.2. The minimum atomic E-state index is -0.980. The third-order valence-electron chi connectivity index (χ3n) is 8.76. The fraction of sp³-hybridized carbons (Fsp3) is 0.459. The van der Waals surface area contributed by atoms with E-state index in [1.54, 1.807) is 15.9 Å². The lowest BCUT2D eigenvalue weighted by atomic mass is 9.91. The van der Waals surface area contributed by atoms with Crippen molar-refractivity contribution in [2.24, 2.45) is 0 Å². The molecule has 2 aliphatic heterocycles. The van der Waals surface area contributed by atoms with E-state index in [0.29, 0.717) is 43.9 Å². The van der Waals surface area contributed by atoms with Gasteiger partial charge >= 0.3 is 12.2 Å². The van der Waals surface area contributed by atoms with Crippen LogP contribution in [0.25, 0.3) is 0 Å². The topological polar surface area (TPSA) is 119 Å². The van der Waals surface area contributed by atoms with Crippen molar-refractivity contribution in [2.75, 3.05) is 31.1 Å². The molecule has 3 heterocycles. The first kappa shape index (κ1) is 36.2. The number of benzene rings is 2. The van der Waals surface area contributed by atoms with Gasteiger partial charge in [0.25, 0.3) is 0 Å². The van der Waals surface area contributed by atoms with Crippen LogP contribution in [0.1, 0.15) is 86.0 Å². The van der Waals surface area contributed by atoms with E-state index in [2.05, 4.69) is 5.32 Å². The number of nitrogens with zero attached hydrogens (tertiary/aromatic N) is 3. The number of nitrogens with one attached hydrogen (secondary N) is 1. The number of fused-ring (bicyclic) bond motifs is 3. The molecule has 1 unspecified atom stereocenters. The number of amides is 4. The van der Waals surface area contributed by atoms with Gasteiger partial charge in [-0.05, 0) is 69.2 Å². The van der Waals surface area contributed by atoms with Crippen LogP contribution in [-0.4, -0.2) is 70.7 Å². The van der Waals surface area contributed by atoms with E-state index in [1.165, 1.54) is 16.2 Å². The number of anilines is 1. The summed E-state index contributed by atoms with van der Waals surface area (Å²) in [6.45, 7) is 6.84. The van der Waals surface area contributed by atoms with Crippen molar-refractivity contribution in [3.05, 3.63) is 86.8 Å². The van der Waals surface area contributed by atoms with Crippen molar-refractivity contribution in [1.29, 1.82) is 0 Å². The van der Waals surface area contributed by atoms with Crippen molar-refractivity contribution in [3.63, 3.8) is 0 Å². The number of unbranched alkanes of at least 4 members (excludes halogenated alkanes) is 3. The van der Waals surface area contributed by atoms with Gasteiger partial charge in [0.2, 0.25) is 11.8 Å². The van der Waals surface area contributed by atoms with E-state index in [4.69, 9.17) is 16.3 Å². The van der Waals surface area contributed by atoms with Crippen LogP contribution in [0.3, 0.4) is 0 Å². The molecule has 5 rings (SSSR count). The smallest absolute Gasteiger partial charge is 0.407 e. The van der Waals surface area contributed by atoms with Crippen molar-refractivity contribution in [1.82, 2.24) is 15.1 Å². The maximum atomic E-state index is 14.2. The average molecular weight is 709 g/mol. The quantitative estimate of drug-likeness (QED) is 0.200. The second kappa shape index (κ2) is 16.1. The van der Waals surface area contributed by atoms with Crippen LogP contribution in [-0.2, 0) is 33.7 Å². The monoisotopic (exact) mass is 708 g/mol. The minimum Gasteiger partial charge on any atom is -0.465 e. The van der Waals surface area contributed by atoms with Crippen LogP contribution in [0.4, 0.5) is 14.6 Å². The molecule has 262 valence electrons. The first-order chi connectivity index (χ1) is 23.4. The highest BCUT2D eigenvalue weighted by Crippen LogP contribution is 2.49. The normalized spacial score (nSPS) is 16.1. The summed E-state index contributed by atoms with van der Waals surface area (Å²) in [5, 5.41) is 13.8. The molecular formula is C37H45ClN4O6S. The average Bonchev–Trinajstić information content (AvgIpc) is 3.37. The van der Waals surface area contributed by atoms with Crippen LogP contribution < -0.4 is 10.2 Å². The number of alkyl carbamates (subject to hydrolysis) is 1. The standard InChI is InChI=1S/C37H45ClN4O6S/c1-37(2,3)48-35(45)39-20-12-5-4-9-17-30(43)42-24-31(44)41(22-18-25-13-7-6-8-14-25)34-32(33(42)26-15-10-11-16-28(26)38)27-19-21-40(36(46)47)23-29(27)49-34/h6-8,10-11,13-16,33H,4-5,9,12,17-24H2,1-3H3,(H,39,45)(H,46,47). The molecule has 1 atom stereocenters. The largest absolute Gasteiger partial charge is 0.465 e. The van der Waals surface area contributed by atoms with Gasteiger partial charge in [-0.3, -0.25) is 9.59 Å². The highest BCUT2D eigenvalue weighted by Gasteiger charge is 2.42. The van der Waals surface area contributed by atoms with Gasteiger partial charge < -0.3 is 29.9 Å². The second-order valence-electron chi connectivity index (χ2n) is 13.5. The zero-order chi connectivity index (χ0) is 35.1. The number of carboxylic acid groups (broad SMARTS) is 1. The van der Waals surface area contributed by atoms with E-state index < -0.39 is 23.8 Å². The molecule has 0 bridgehead atoms. The van der Waals surface area contributed by atoms with Gasteiger partial charge in [0.1, 0.15) is 17.1 Å². The van der Waals surface area contributed by atoms with Crippen LogP contribution in [0, 0.1) is 0 Å². The zero-order valence-electron chi connectivity index (χ0n) is 28.4. The van der Waals surface area contributed by atoms with Crippen molar-refractivity contribution in [3.8, 4) is 0 Å². The van der Waals surface area contributed by atoms with Crippen LogP contribution in [0.5, 0.6) is 0 Å². The molecule has 0 radical (unpaired) electrons. The predicted octanol–water partition coefficient (Wildman–Crippen LogP) is 7.42. The second-order valence-corrected chi connectivity index (χ2v) is 15.0. The number of hydrogen-bond acceptors (Lipinski definition) is 6. The predicted molar refractivity (Wildman–Crippen MR) is 191 cm³/mol. The summed E-state index contributed by atoms with van der Waals surface area (Å²) in [5.74, 6) is -0.314.